The molecule has 140 valence electrons. The van der Waals surface area contributed by atoms with Gasteiger partial charge in [-0.25, -0.2) is 14.8 Å². The Kier molecular flexibility index (Phi) is 5.18. The number of hydrogen-bond acceptors (Lipinski definition) is 7. The molecule has 0 bridgehead atoms. The average Bonchev–Trinajstić information content (AvgIpc) is 3.36. The summed E-state index contributed by atoms with van der Waals surface area (Å²) in [5, 5.41) is 4.90. The van der Waals surface area contributed by atoms with Gasteiger partial charge in [-0.05, 0) is 24.3 Å². The number of benzene rings is 2. The fourth-order valence-corrected chi connectivity index (χ4v) is 3.50. The van der Waals surface area contributed by atoms with Gasteiger partial charge in [-0.15, -0.1) is 11.3 Å². The third kappa shape index (κ3) is 3.95. The number of esters is 1. The fraction of sp³-hybridized carbons (Fsp3) is 0.0526. The van der Waals surface area contributed by atoms with E-state index in [4.69, 9.17) is 9.15 Å². The number of nitrogens with zero attached hydrogens (tertiary/aromatic N) is 2. The molecule has 0 fully saturated rings. The second kappa shape index (κ2) is 7.91. The van der Waals surface area contributed by atoms with Crippen LogP contribution in [0.1, 0.15) is 10.4 Å². The summed E-state index contributed by atoms with van der Waals surface area (Å²) in [4.78, 5) is 32.7. The number of carbonyl (C=O) groups excluding carboxylic acids is 2. The van der Waals surface area contributed by atoms with Crippen molar-refractivity contribution < 1.29 is 18.7 Å². The molecular weight excluding hydrogens is 446 g/mol. The Morgan fingerprint density at radius 1 is 1.18 bits per heavy atom. The molecule has 9 heteroatoms. The topological polar surface area (TPSA) is 94.3 Å². The Labute approximate surface area is 171 Å². The van der Waals surface area contributed by atoms with Gasteiger partial charge in [0.2, 0.25) is 0 Å². The Balaban J connectivity index is 1.36. The van der Waals surface area contributed by atoms with Crippen LogP contribution >= 0.6 is 27.3 Å². The summed E-state index contributed by atoms with van der Waals surface area (Å²) in [5.41, 5.74) is 2.80. The third-order valence-corrected chi connectivity index (χ3v) is 5.09. The minimum Gasteiger partial charge on any atom is -0.452 e. The van der Waals surface area contributed by atoms with Crippen LogP contribution in [0.4, 0.5) is 5.13 Å². The Hall–Kier alpha value is -3.04. The minimum atomic E-state index is -0.649. The number of nitrogens with one attached hydrogen (secondary N) is 1. The predicted octanol–water partition coefficient (Wildman–Crippen LogP) is 4.51. The van der Waals surface area contributed by atoms with Crippen LogP contribution in [0.15, 0.2) is 63.1 Å². The predicted molar refractivity (Wildman–Crippen MR) is 108 cm³/mol. The van der Waals surface area contributed by atoms with Gasteiger partial charge in [0.25, 0.3) is 5.91 Å². The first kappa shape index (κ1) is 18.3. The first-order chi connectivity index (χ1) is 13.6. The van der Waals surface area contributed by atoms with Crippen LogP contribution in [0.2, 0.25) is 0 Å². The number of fused-ring (bicyclic) bond motifs is 1. The number of anilines is 1. The van der Waals surface area contributed by atoms with E-state index in [1.54, 1.807) is 18.2 Å². The lowest BCUT2D eigenvalue weighted by Crippen LogP contribution is -2.21. The highest BCUT2D eigenvalue weighted by atomic mass is 79.9. The van der Waals surface area contributed by atoms with Crippen molar-refractivity contribution in [1.82, 2.24) is 9.97 Å². The number of amides is 1. The van der Waals surface area contributed by atoms with Gasteiger partial charge in [0, 0.05) is 15.4 Å². The van der Waals surface area contributed by atoms with Gasteiger partial charge in [-0.3, -0.25) is 10.1 Å². The lowest BCUT2D eigenvalue weighted by atomic mass is 10.2. The number of ether oxygens (including phenoxy) is 1. The first-order valence-electron chi connectivity index (χ1n) is 8.11. The summed E-state index contributed by atoms with van der Waals surface area (Å²) in [6.45, 7) is -0.430. The summed E-state index contributed by atoms with van der Waals surface area (Å²) in [6.07, 6.45) is 1.25. The highest BCUT2D eigenvalue weighted by Crippen LogP contribution is 2.26. The monoisotopic (exact) mass is 457 g/mol. The summed E-state index contributed by atoms with van der Waals surface area (Å²) in [6, 6.07) is 12.6. The van der Waals surface area contributed by atoms with Crippen molar-refractivity contribution >= 4 is 55.4 Å². The van der Waals surface area contributed by atoms with Gasteiger partial charge >= 0.3 is 5.97 Å². The van der Waals surface area contributed by atoms with Crippen LogP contribution in [0, 0.1) is 0 Å². The molecule has 4 aromatic rings. The number of hydrogen-bond donors (Lipinski definition) is 1. The summed E-state index contributed by atoms with van der Waals surface area (Å²) in [7, 11) is 0. The summed E-state index contributed by atoms with van der Waals surface area (Å²) >= 11 is 4.68. The lowest BCUT2D eigenvalue weighted by molar-refractivity contribution is -0.119. The zero-order valence-corrected chi connectivity index (χ0v) is 16.6. The zero-order chi connectivity index (χ0) is 19.5. The smallest absolute Gasteiger partial charge is 0.340 e. The molecule has 0 aliphatic heterocycles. The van der Waals surface area contributed by atoms with Gasteiger partial charge in [0.05, 0.1) is 11.3 Å². The molecule has 4 rings (SSSR count). The Morgan fingerprint density at radius 2 is 2.00 bits per heavy atom. The van der Waals surface area contributed by atoms with Crippen molar-refractivity contribution in [2.24, 2.45) is 0 Å². The van der Waals surface area contributed by atoms with Crippen LogP contribution in [-0.2, 0) is 9.53 Å². The molecule has 0 aliphatic rings. The molecule has 28 heavy (non-hydrogen) atoms. The van der Waals surface area contributed by atoms with Crippen molar-refractivity contribution in [2.75, 3.05) is 11.9 Å². The number of halogens is 1. The van der Waals surface area contributed by atoms with Crippen molar-refractivity contribution in [3.05, 3.63) is 64.3 Å². The van der Waals surface area contributed by atoms with Crippen molar-refractivity contribution in [3.63, 3.8) is 0 Å². The maximum atomic E-state index is 12.2. The summed E-state index contributed by atoms with van der Waals surface area (Å²) < 4.78 is 11.2. The lowest BCUT2D eigenvalue weighted by Gasteiger charge is -2.05. The van der Waals surface area contributed by atoms with Crippen LogP contribution in [0.5, 0.6) is 0 Å². The van der Waals surface area contributed by atoms with Crippen molar-refractivity contribution in [1.29, 1.82) is 0 Å². The quantitative estimate of drug-likeness (QED) is 0.443. The van der Waals surface area contributed by atoms with E-state index in [9.17, 15) is 9.59 Å². The SMILES string of the molecule is O=C(COC(=O)c1cccc2ocnc12)Nc1nc(-c2ccc(Br)cc2)cs1. The molecular formula is C19H12BrN3O4S. The molecule has 0 radical (unpaired) electrons. The molecule has 1 amide bonds. The van der Waals surface area contributed by atoms with Crippen LogP contribution in [0.3, 0.4) is 0 Å². The minimum absolute atomic E-state index is 0.242. The molecule has 0 spiro atoms. The van der Waals surface area contributed by atoms with Gasteiger partial charge in [-0.2, -0.15) is 0 Å². The average molecular weight is 458 g/mol. The van der Waals surface area contributed by atoms with Crippen LogP contribution < -0.4 is 5.32 Å². The number of para-hydroxylation sites is 1. The molecule has 2 aromatic carbocycles. The van der Waals surface area contributed by atoms with E-state index in [0.717, 1.165) is 15.7 Å². The van der Waals surface area contributed by atoms with E-state index in [1.165, 1.54) is 17.7 Å². The van der Waals surface area contributed by atoms with E-state index in [0.29, 0.717) is 16.2 Å². The third-order valence-electron chi connectivity index (χ3n) is 3.81. The number of oxazole rings is 1. The number of aromatic nitrogens is 2. The maximum absolute atomic E-state index is 12.2. The molecule has 0 aliphatic carbocycles. The summed E-state index contributed by atoms with van der Waals surface area (Å²) in [5.74, 6) is -1.12. The molecule has 0 atom stereocenters. The highest BCUT2D eigenvalue weighted by Gasteiger charge is 2.16. The van der Waals surface area contributed by atoms with E-state index in [-0.39, 0.29) is 5.56 Å². The van der Waals surface area contributed by atoms with Crippen LogP contribution in [-0.4, -0.2) is 28.5 Å². The molecule has 0 unspecified atom stereocenters. The number of carbonyl (C=O) groups is 2. The standard InChI is InChI=1S/C19H12BrN3O4S/c20-12-6-4-11(5-7-12)14-9-28-19(22-14)23-16(24)8-26-18(25)13-2-1-3-15-17(13)21-10-27-15/h1-7,9-10H,8H2,(H,22,23,24). The molecule has 2 heterocycles. The van der Waals surface area contributed by atoms with E-state index < -0.39 is 18.5 Å². The Morgan fingerprint density at radius 3 is 2.82 bits per heavy atom. The normalized spacial score (nSPS) is 10.8. The molecule has 7 nitrogen and oxygen atoms in total. The maximum Gasteiger partial charge on any atom is 0.340 e. The zero-order valence-electron chi connectivity index (χ0n) is 14.2. The largest absolute Gasteiger partial charge is 0.452 e. The van der Waals surface area contributed by atoms with E-state index >= 15 is 0 Å². The van der Waals surface area contributed by atoms with Gasteiger partial charge < -0.3 is 9.15 Å². The fourth-order valence-electron chi connectivity index (χ4n) is 2.50. The molecule has 0 saturated heterocycles. The number of thiazole rings is 1. The second-order valence-corrected chi connectivity index (χ2v) is 7.45. The van der Waals surface area contributed by atoms with Crippen molar-refractivity contribution in [3.8, 4) is 11.3 Å². The highest BCUT2D eigenvalue weighted by molar-refractivity contribution is 9.10. The second-order valence-electron chi connectivity index (χ2n) is 5.67. The molecule has 1 N–H and O–H groups in total. The van der Waals surface area contributed by atoms with Crippen LogP contribution in [0.25, 0.3) is 22.4 Å². The molecule has 2 aromatic heterocycles. The Bertz CT molecular complexity index is 1150. The van der Waals surface area contributed by atoms with Gasteiger partial charge in [0.15, 0.2) is 23.7 Å². The van der Waals surface area contributed by atoms with Gasteiger partial charge in [-0.1, -0.05) is 34.1 Å². The van der Waals surface area contributed by atoms with Crippen molar-refractivity contribution in [2.45, 2.75) is 0 Å². The van der Waals surface area contributed by atoms with E-state index in [2.05, 4.69) is 31.2 Å². The van der Waals surface area contributed by atoms with Gasteiger partial charge in [0.1, 0.15) is 5.52 Å². The number of rotatable bonds is 5. The first-order valence-corrected chi connectivity index (χ1v) is 9.78. The molecule has 0 saturated carbocycles. The van der Waals surface area contributed by atoms with E-state index in [1.807, 2.05) is 29.6 Å².